The lowest BCUT2D eigenvalue weighted by molar-refractivity contribution is -0.153. The number of hydrogen-bond donors (Lipinski definition) is 1. The molecule has 0 saturated heterocycles. The van der Waals surface area contributed by atoms with Crippen LogP contribution in [0, 0.1) is 6.92 Å². The first kappa shape index (κ1) is 22.6. The zero-order valence-electron chi connectivity index (χ0n) is 16.7. The summed E-state index contributed by atoms with van der Waals surface area (Å²) in [7, 11) is -3.96. The van der Waals surface area contributed by atoms with Gasteiger partial charge in [-0.2, -0.15) is 13.2 Å². The van der Waals surface area contributed by atoms with E-state index in [9.17, 15) is 21.6 Å². The highest BCUT2D eigenvalue weighted by atomic mass is 32.2. The molecule has 0 aliphatic carbocycles. The van der Waals surface area contributed by atoms with Crippen molar-refractivity contribution in [2.75, 3.05) is 0 Å². The standard InChI is InChI=1S/C19H21F3N4O2S2/c1-12-5-7-13(8-6-12)30(27,28)26-10-9-14-17(26)23-11-15(24-14)16(19(20,21)22)25-29-18(2,3)4/h5-11,16,25H,1-4H3. The monoisotopic (exact) mass is 458 g/mol. The van der Waals surface area contributed by atoms with Gasteiger partial charge in [-0.15, -0.1) is 0 Å². The van der Waals surface area contributed by atoms with Crippen molar-refractivity contribution < 1.29 is 21.6 Å². The Morgan fingerprint density at radius 2 is 1.73 bits per heavy atom. The second-order valence-electron chi connectivity index (χ2n) is 7.74. The highest BCUT2D eigenvalue weighted by Crippen LogP contribution is 2.36. The molecule has 1 N–H and O–H groups in total. The molecule has 0 spiro atoms. The van der Waals surface area contributed by atoms with E-state index >= 15 is 0 Å². The number of hydrogen-bond acceptors (Lipinski definition) is 6. The van der Waals surface area contributed by atoms with E-state index in [2.05, 4.69) is 14.7 Å². The number of halogens is 3. The normalized spacial score (nSPS) is 14.2. The van der Waals surface area contributed by atoms with Gasteiger partial charge >= 0.3 is 6.18 Å². The van der Waals surface area contributed by atoms with Gasteiger partial charge in [0.1, 0.15) is 5.52 Å². The Hall–Kier alpha value is -2.11. The van der Waals surface area contributed by atoms with E-state index in [1.54, 1.807) is 32.9 Å². The average molecular weight is 459 g/mol. The molecule has 0 fully saturated rings. The average Bonchev–Trinajstić information content (AvgIpc) is 3.04. The SMILES string of the molecule is Cc1ccc(S(=O)(=O)n2ccc3nc(C(NSC(C)(C)C)C(F)(F)F)cnc32)cc1. The predicted octanol–water partition coefficient (Wildman–Crippen LogP) is 4.62. The Kier molecular flexibility index (Phi) is 5.91. The number of nitrogens with one attached hydrogen (secondary N) is 1. The maximum absolute atomic E-state index is 13.6. The molecule has 0 aliphatic heterocycles. The number of benzene rings is 1. The van der Waals surface area contributed by atoms with E-state index in [4.69, 9.17) is 0 Å². The maximum Gasteiger partial charge on any atom is 0.410 e. The summed E-state index contributed by atoms with van der Waals surface area (Å²) in [4.78, 5) is 8.09. The molecule has 0 bridgehead atoms. The topological polar surface area (TPSA) is 76.9 Å². The highest BCUT2D eigenvalue weighted by Gasteiger charge is 2.43. The molecule has 11 heteroatoms. The fourth-order valence-electron chi connectivity index (χ4n) is 2.59. The Balaban J connectivity index is 2.01. The van der Waals surface area contributed by atoms with Crippen LogP contribution in [0.2, 0.25) is 0 Å². The second kappa shape index (κ2) is 7.86. The van der Waals surface area contributed by atoms with Crippen molar-refractivity contribution in [1.29, 1.82) is 0 Å². The zero-order chi connectivity index (χ0) is 22.3. The fourth-order valence-corrected chi connectivity index (χ4v) is 4.61. The van der Waals surface area contributed by atoms with Crippen LogP contribution in [0.5, 0.6) is 0 Å². The molecule has 3 aromatic rings. The van der Waals surface area contributed by atoms with Crippen molar-refractivity contribution in [2.24, 2.45) is 0 Å². The van der Waals surface area contributed by atoms with E-state index in [0.717, 1.165) is 27.7 Å². The van der Waals surface area contributed by atoms with Gasteiger partial charge < -0.3 is 0 Å². The molecule has 0 amide bonds. The summed E-state index contributed by atoms with van der Waals surface area (Å²) in [6, 6.07) is 5.54. The van der Waals surface area contributed by atoms with E-state index in [-0.39, 0.29) is 21.8 Å². The van der Waals surface area contributed by atoms with Crippen molar-refractivity contribution in [2.45, 2.75) is 49.6 Å². The van der Waals surface area contributed by atoms with Crippen LogP contribution in [-0.4, -0.2) is 33.3 Å². The number of aromatic nitrogens is 3. The molecule has 1 aromatic carbocycles. The molecule has 1 unspecified atom stereocenters. The number of rotatable bonds is 5. The molecule has 2 aromatic heterocycles. The molecule has 162 valence electrons. The van der Waals surface area contributed by atoms with Crippen LogP contribution in [0.15, 0.2) is 47.6 Å². The van der Waals surface area contributed by atoms with Crippen molar-refractivity contribution in [3.8, 4) is 0 Å². The molecule has 2 heterocycles. The second-order valence-corrected chi connectivity index (χ2v) is 11.2. The van der Waals surface area contributed by atoms with Gasteiger partial charge in [0.25, 0.3) is 10.0 Å². The Morgan fingerprint density at radius 3 is 2.30 bits per heavy atom. The van der Waals surface area contributed by atoms with Gasteiger partial charge in [-0.3, -0.25) is 0 Å². The number of aryl methyl sites for hydroxylation is 1. The summed E-state index contributed by atoms with van der Waals surface area (Å²) in [6.07, 6.45) is -2.40. The van der Waals surface area contributed by atoms with Crippen LogP contribution in [0.25, 0.3) is 11.2 Å². The minimum Gasteiger partial charge on any atom is -0.246 e. The van der Waals surface area contributed by atoms with Crippen molar-refractivity contribution in [3.05, 3.63) is 54.0 Å². The number of alkyl halides is 3. The molecule has 30 heavy (non-hydrogen) atoms. The van der Waals surface area contributed by atoms with Gasteiger partial charge in [0, 0.05) is 10.9 Å². The smallest absolute Gasteiger partial charge is 0.246 e. The molecule has 0 saturated carbocycles. The third kappa shape index (κ3) is 4.79. The molecule has 6 nitrogen and oxygen atoms in total. The first-order chi connectivity index (χ1) is 13.8. The van der Waals surface area contributed by atoms with Crippen LogP contribution in [0.1, 0.15) is 38.1 Å². The lowest BCUT2D eigenvalue weighted by Crippen LogP contribution is -2.33. The van der Waals surface area contributed by atoms with Gasteiger partial charge in [0.15, 0.2) is 11.7 Å². The Morgan fingerprint density at radius 1 is 1.10 bits per heavy atom. The lowest BCUT2D eigenvalue weighted by Gasteiger charge is -2.25. The molecule has 0 radical (unpaired) electrons. The summed E-state index contributed by atoms with van der Waals surface area (Å²) in [6.45, 7) is 7.17. The van der Waals surface area contributed by atoms with Crippen LogP contribution < -0.4 is 4.72 Å². The van der Waals surface area contributed by atoms with Crippen LogP contribution >= 0.6 is 11.9 Å². The summed E-state index contributed by atoms with van der Waals surface area (Å²) < 4.78 is 69.5. The van der Waals surface area contributed by atoms with Crippen molar-refractivity contribution in [1.82, 2.24) is 18.7 Å². The Bertz CT molecular complexity index is 1150. The van der Waals surface area contributed by atoms with E-state index in [1.807, 2.05) is 6.92 Å². The number of fused-ring (bicyclic) bond motifs is 1. The summed E-state index contributed by atoms with van der Waals surface area (Å²) in [5.74, 6) is 0. The minimum absolute atomic E-state index is 0.0382. The van der Waals surface area contributed by atoms with Crippen LogP contribution in [0.3, 0.4) is 0 Å². The first-order valence-corrected chi connectivity index (χ1v) is 11.2. The predicted molar refractivity (Wildman–Crippen MR) is 111 cm³/mol. The summed E-state index contributed by atoms with van der Waals surface area (Å²) in [5, 5.41) is 0. The Labute approximate surface area is 177 Å². The maximum atomic E-state index is 13.6. The van der Waals surface area contributed by atoms with Gasteiger partial charge in [-0.25, -0.2) is 27.1 Å². The zero-order valence-corrected chi connectivity index (χ0v) is 18.4. The van der Waals surface area contributed by atoms with Crippen LogP contribution in [0.4, 0.5) is 13.2 Å². The van der Waals surface area contributed by atoms with E-state index < -0.39 is 27.0 Å². The largest absolute Gasteiger partial charge is 0.410 e. The first-order valence-electron chi connectivity index (χ1n) is 8.95. The van der Waals surface area contributed by atoms with Gasteiger partial charge in [-0.1, -0.05) is 29.6 Å². The van der Waals surface area contributed by atoms with E-state index in [0.29, 0.717) is 0 Å². The highest BCUT2D eigenvalue weighted by molar-refractivity contribution is 7.98. The third-order valence-electron chi connectivity index (χ3n) is 4.06. The molecule has 1 atom stereocenters. The van der Waals surface area contributed by atoms with Gasteiger partial charge in [-0.05, 0) is 45.9 Å². The third-order valence-corrected chi connectivity index (χ3v) is 6.70. The summed E-state index contributed by atoms with van der Waals surface area (Å²) in [5.41, 5.74) is 0.579. The fraction of sp³-hybridized carbons (Fsp3) is 0.368. The quantitative estimate of drug-likeness (QED) is 0.563. The molecular weight excluding hydrogens is 437 g/mol. The van der Waals surface area contributed by atoms with Crippen LogP contribution in [-0.2, 0) is 10.0 Å². The molecular formula is C19H21F3N4O2S2. The van der Waals surface area contributed by atoms with Gasteiger partial charge in [0.2, 0.25) is 0 Å². The van der Waals surface area contributed by atoms with Crippen molar-refractivity contribution in [3.63, 3.8) is 0 Å². The van der Waals surface area contributed by atoms with Crippen molar-refractivity contribution >= 4 is 33.1 Å². The number of nitrogens with zero attached hydrogens (tertiary/aromatic N) is 3. The van der Waals surface area contributed by atoms with Gasteiger partial charge in [0.05, 0.1) is 16.8 Å². The minimum atomic E-state index is -4.60. The molecule has 3 rings (SSSR count). The van der Waals surface area contributed by atoms with E-state index in [1.165, 1.54) is 24.4 Å². The molecule has 0 aliphatic rings. The lowest BCUT2D eigenvalue weighted by atomic mass is 10.2. The summed E-state index contributed by atoms with van der Waals surface area (Å²) >= 11 is 0.938.